The SMILES string of the molecule is CCCCOc1ccc(C(C)(Nc2ccc(C#N)cc2)C(=O)O)cc1OCCCC. The average molecular weight is 411 g/mol. The minimum atomic E-state index is -1.39. The smallest absolute Gasteiger partial charge is 0.333 e. The van der Waals surface area contributed by atoms with Gasteiger partial charge in [-0.3, -0.25) is 0 Å². The summed E-state index contributed by atoms with van der Waals surface area (Å²) in [6.07, 6.45) is 3.86. The molecule has 30 heavy (non-hydrogen) atoms. The first-order valence-electron chi connectivity index (χ1n) is 10.4. The first kappa shape index (κ1) is 23.1. The number of ether oxygens (including phenoxy) is 2. The Kier molecular flexibility index (Phi) is 8.54. The maximum Gasteiger partial charge on any atom is 0.333 e. The van der Waals surface area contributed by atoms with E-state index in [1.165, 1.54) is 0 Å². The number of hydrogen-bond acceptors (Lipinski definition) is 5. The summed E-state index contributed by atoms with van der Waals surface area (Å²) in [6.45, 7) is 6.91. The van der Waals surface area contributed by atoms with E-state index in [4.69, 9.17) is 14.7 Å². The highest BCUT2D eigenvalue weighted by Gasteiger charge is 2.36. The van der Waals surface area contributed by atoms with Gasteiger partial charge in [-0.05, 0) is 61.7 Å². The molecule has 0 aromatic heterocycles. The van der Waals surface area contributed by atoms with Gasteiger partial charge in [-0.15, -0.1) is 0 Å². The number of anilines is 1. The summed E-state index contributed by atoms with van der Waals surface area (Å²) < 4.78 is 11.8. The van der Waals surface area contributed by atoms with Gasteiger partial charge in [-0.25, -0.2) is 4.79 Å². The fourth-order valence-electron chi connectivity index (χ4n) is 2.87. The highest BCUT2D eigenvalue weighted by atomic mass is 16.5. The van der Waals surface area contributed by atoms with Crippen molar-refractivity contribution in [2.24, 2.45) is 0 Å². The van der Waals surface area contributed by atoms with Gasteiger partial charge in [0.1, 0.15) is 0 Å². The highest BCUT2D eigenvalue weighted by Crippen LogP contribution is 2.35. The lowest BCUT2D eigenvalue weighted by Gasteiger charge is -2.29. The Labute approximate surface area is 178 Å². The van der Waals surface area contributed by atoms with Crippen LogP contribution in [0.5, 0.6) is 11.5 Å². The van der Waals surface area contributed by atoms with Crippen molar-refractivity contribution in [1.29, 1.82) is 5.26 Å². The molecule has 0 aliphatic carbocycles. The first-order chi connectivity index (χ1) is 14.4. The summed E-state index contributed by atoms with van der Waals surface area (Å²) in [5, 5.41) is 22.1. The van der Waals surface area contributed by atoms with Crippen molar-refractivity contribution in [3.8, 4) is 17.6 Å². The summed E-state index contributed by atoms with van der Waals surface area (Å²) in [5.41, 5.74) is 0.279. The van der Waals surface area contributed by atoms with Crippen LogP contribution in [0.4, 0.5) is 5.69 Å². The number of nitrogens with one attached hydrogen (secondary N) is 1. The van der Waals surface area contributed by atoms with Crippen LogP contribution in [0.3, 0.4) is 0 Å². The van der Waals surface area contributed by atoms with Crippen LogP contribution in [-0.4, -0.2) is 24.3 Å². The molecule has 1 unspecified atom stereocenters. The number of hydrogen-bond donors (Lipinski definition) is 2. The molecule has 160 valence electrons. The number of rotatable bonds is 12. The number of unbranched alkanes of at least 4 members (excludes halogenated alkanes) is 2. The molecule has 0 radical (unpaired) electrons. The van der Waals surface area contributed by atoms with Crippen molar-refractivity contribution in [3.63, 3.8) is 0 Å². The van der Waals surface area contributed by atoms with Crippen LogP contribution < -0.4 is 14.8 Å². The second-order valence-corrected chi connectivity index (χ2v) is 7.31. The van der Waals surface area contributed by atoms with Crippen LogP contribution >= 0.6 is 0 Å². The molecule has 6 heteroatoms. The fraction of sp³-hybridized carbons (Fsp3) is 0.417. The van der Waals surface area contributed by atoms with Gasteiger partial charge in [0.15, 0.2) is 17.0 Å². The Hall–Kier alpha value is -3.20. The third-order valence-electron chi connectivity index (χ3n) is 4.87. The molecule has 0 bridgehead atoms. The van der Waals surface area contributed by atoms with Gasteiger partial charge < -0.3 is 19.9 Å². The Bertz CT molecular complexity index is 874. The topological polar surface area (TPSA) is 91.6 Å². The summed E-state index contributed by atoms with van der Waals surface area (Å²) in [5.74, 6) is 0.145. The standard InChI is InChI=1S/C24H30N2O4/c1-4-6-14-29-21-13-10-19(16-22(21)30-15-7-5-2)24(3,23(27)28)26-20-11-8-18(17-25)9-12-20/h8-13,16,26H,4-7,14-15H2,1-3H3,(H,27,28). The lowest BCUT2D eigenvalue weighted by molar-refractivity contribution is -0.142. The van der Waals surface area contributed by atoms with Gasteiger partial charge in [0.2, 0.25) is 0 Å². The Balaban J connectivity index is 2.35. The summed E-state index contributed by atoms with van der Waals surface area (Å²) >= 11 is 0. The van der Waals surface area contributed by atoms with Crippen LogP contribution in [0.1, 0.15) is 57.6 Å². The van der Waals surface area contributed by atoms with Gasteiger partial charge in [-0.2, -0.15) is 5.26 Å². The normalized spacial score (nSPS) is 12.5. The van der Waals surface area contributed by atoms with Crippen molar-refractivity contribution in [2.45, 2.75) is 52.0 Å². The third kappa shape index (κ3) is 5.90. The maximum atomic E-state index is 12.2. The number of benzene rings is 2. The van der Waals surface area contributed by atoms with Crippen LogP contribution in [0, 0.1) is 11.3 Å². The minimum absolute atomic E-state index is 0.512. The lowest BCUT2D eigenvalue weighted by atomic mass is 9.91. The van der Waals surface area contributed by atoms with Crippen LogP contribution in [0.2, 0.25) is 0 Å². The van der Waals surface area contributed by atoms with E-state index in [1.807, 2.05) is 0 Å². The molecule has 2 aromatic carbocycles. The zero-order chi connectivity index (χ0) is 22.0. The summed E-state index contributed by atoms with van der Waals surface area (Å²) in [7, 11) is 0. The molecule has 0 aliphatic rings. The molecular weight excluding hydrogens is 380 g/mol. The second kappa shape index (κ2) is 11.1. The molecule has 0 fully saturated rings. The van der Waals surface area contributed by atoms with Crippen LogP contribution in [0.25, 0.3) is 0 Å². The summed E-state index contributed by atoms with van der Waals surface area (Å²) in [6, 6.07) is 14.0. The molecule has 0 amide bonds. The van der Waals surface area contributed by atoms with Gasteiger partial charge in [-0.1, -0.05) is 32.8 Å². The molecule has 0 saturated carbocycles. The van der Waals surface area contributed by atoms with E-state index < -0.39 is 11.5 Å². The Morgan fingerprint density at radius 1 is 1.03 bits per heavy atom. The number of carboxylic acid groups (broad SMARTS) is 1. The molecule has 2 rings (SSSR count). The molecule has 0 aliphatic heterocycles. The van der Waals surface area contributed by atoms with E-state index >= 15 is 0 Å². The van der Waals surface area contributed by atoms with Crippen molar-refractivity contribution in [1.82, 2.24) is 0 Å². The zero-order valence-corrected chi connectivity index (χ0v) is 17.9. The van der Waals surface area contributed by atoms with E-state index in [0.717, 1.165) is 25.7 Å². The molecule has 1 atom stereocenters. The fourth-order valence-corrected chi connectivity index (χ4v) is 2.87. The van der Waals surface area contributed by atoms with Gasteiger partial charge in [0.25, 0.3) is 0 Å². The first-order valence-corrected chi connectivity index (χ1v) is 10.4. The number of nitrogens with zero attached hydrogens (tertiary/aromatic N) is 1. The van der Waals surface area contributed by atoms with Crippen LogP contribution in [-0.2, 0) is 10.3 Å². The van der Waals surface area contributed by atoms with Gasteiger partial charge in [0.05, 0.1) is 24.8 Å². The molecular formula is C24H30N2O4. The molecule has 2 aromatic rings. The Morgan fingerprint density at radius 2 is 1.63 bits per heavy atom. The maximum absolute atomic E-state index is 12.2. The van der Waals surface area contributed by atoms with Crippen molar-refractivity contribution in [3.05, 3.63) is 53.6 Å². The molecule has 6 nitrogen and oxygen atoms in total. The Morgan fingerprint density at radius 3 is 2.17 bits per heavy atom. The van der Waals surface area contributed by atoms with E-state index in [1.54, 1.807) is 49.4 Å². The number of carboxylic acids is 1. The van der Waals surface area contributed by atoms with E-state index in [-0.39, 0.29) is 0 Å². The zero-order valence-electron chi connectivity index (χ0n) is 17.9. The quantitative estimate of drug-likeness (QED) is 0.460. The van der Waals surface area contributed by atoms with E-state index in [2.05, 4.69) is 25.2 Å². The summed E-state index contributed by atoms with van der Waals surface area (Å²) in [4.78, 5) is 12.2. The number of aliphatic carboxylic acids is 1. The van der Waals surface area contributed by atoms with Crippen LogP contribution in [0.15, 0.2) is 42.5 Å². The predicted molar refractivity (Wildman–Crippen MR) is 117 cm³/mol. The predicted octanol–water partition coefficient (Wildman–Crippen LogP) is 5.33. The van der Waals surface area contributed by atoms with Crippen molar-refractivity contribution in [2.75, 3.05) is 18.5 Å². The third-order valence-corrected chi connectivity index (χ3v) is 4.87. The number of carbonyl (C=O) groups is 1. The largest absolute Gasteiger partial charge is 0.490 e. The van der Waals surface area contributed by atoms with Gasteiger partial charge >= 0.3 is 5.97 Å². The monoisotopic (exact) mass is 410 g/mol. The lowest BCUT2D eigenvalue weighted by Crippen LogP contribution is -2.40. The molecule has 0 saturated heterocycles. The van der Waals surface area contributed by atoms with Crippen molar-refractivity contribution < 1.29 is 19.4 Å². The van der Waals surface area contributed by atoms with E-state index in [9.17, 15) is 9.90 Å². The minimum Gasteiger partial charge on any atom is -0.490 e. The molecule has 0 heterocycles. The van der Waals surface area contributed by atoms with Crippen molar-refractivity contribution >= 4 is 11.7 Å². The van der Waals surface area contributed by atoms with E-state index in [0.29, 0.717) is 41.5 Å². The second-order valence-electron chi connectivity index (χ2n) is 7.31. The molecule has 0 spiro atoms. The average Bonchev–Trinajstić information content (AvgIpc) is 2.75. The molecule has 2 N–H and O–H groups in total. The number of nitriles is 1. The van der Waals surface area contributed by atoms with Gasteiger partial charge in [0, 0.05) is 5.69 Å². The highest BCUT2D eigenvalue weighted by molar-refractivity contribution is 5.84.